The molecule has 0 spiro atoms. The van der Waals surface area contributed by atoms with E-state index in [-0.39, 0.29) is 0 Å². The van der Waals surface area contributed by atoms with E-state index in [9.17, 15) is 0 Å². The van der Waals surface area contributed by atoms with Crippen LogP contribution in [0.2, 0.25) is 0 Å². The summed E-state index contributed by atoms with van der Waals surface area (Å²) in [7, 11) is 0. The number of rotatable bonds is 4. The normalized spacial score (nSPS) is 11.3. The van der Waals surface area contributed by atoms with Crippen LogP contribution in [-0.4, -0.2) is 15.1 Å². The summed E-state index contributed by atoms with van der Waals surface area (Å²) in [6.45, 7) is 6.03. The molecular weight excluding hydrogens is 350 g/mol. The second kappa shape index (κ2) is 6.61. The summed E-state index contributed by atoms with van der Waals surface area (Å²) in [5.41, 5.74) is 5.74. The van der Waals surface area contributed by atoms with Gasteiger partial charge in [0.25, 0.3) is 0 Å². The maximum Gasteiger partial charge on any atom is 0.137 e. The van der Waals surface area contributed by atoms with Gasteiger partial charge >= 0.3 is 0 Å². The fraction of sp³-hybridized carbons (Fsp3) is 0.211. The van der Waals surface area contributed by atoms with Gasteiger partial charge in [-0.05, 0) is 26.3 Å². The number of fused-ring (bicyclic) bond motifs is 1. The lowest BCUT2D eigenvalue weighted by Crippen LogP contribution is -1.89. The first-order valence-corrected chi connectivity index (χ1v) is 9.84. The smallest absolute Gasteiger partial charge is 0.137 e. The van der Waals surface area contributed by atoms with Crippen molar-refractivity contribution < 1.29 is 4.52 Å². The van der Waals surface area contributed by atoms with Crippen molar-refractivity contribution in [3.8, 4) is 11.1 Å². The standard InChI is InChI=1S/C19H17N3OS2/c1-11-4-6-14(7-5-11)16-9-25-19-17(16)18(20-10-21-19)24-8-15-12(2)22-23-13(15)3/h4-7,9-10H,8H2,1-3H3. The van der Waals surface area contributed by atoms with E-state index in [1.54, 1.807) is 29.4 Å². The highest BCUT2D eigenvalue weighted by molar-refractivity contribution is 7.98. The van der Waals surface area contributed by atoms with Crippen molar-refractivity contribution in [1.29, 1.82) is 0 Å². The van der Waals surface area contributed by atoms with Gasteiger partial charge in [-0.2, -0.15) is 0 Å². The number of thioether (sulfide) groups is 1. The van der Waals surface area contributed by atoms with Crippen LogP contribution in [0.1, 0.15) is 22.6 Å². The monoisotopic (exact) mass is 367 g/mol. The fourth-order valence-corrected chi connectivity index (χ4v) is 4.90. The van der Waals surface area contributed by atoms with E-state index in [2.05, 4.69) is 51.7 Å². The molecule has 0 saturated carbocycles. The molecule has 0 amide bonds. The topological polar surface area (TPSA) is 51.8 Å². The lowest BCUT2D eigenvalue weighted by molar-refractivity contribution is 0.392. The van der Waals surface area contributed by atoms with Gasteiger partial charge in [-0.15, -0.1) is 23.1 Å². The van der Waals surface area contributed by atoms with Crippen LogP contribution in [-0.2, 0) is 5.75 Å². The fourth-order valence-electron chi connectivity index (χ4n) is 2.75. The van der Waals surface area contributed by atoms with Gasteiger partial charge in [0, 0.05) is 22.3 Å². The predicted molar refractivity (Wildman–Crippen MR) is 103 cm³/mol. The Bertz CT molecular complexity index is 1020. The summed E-state index contributed by atoms with van der Waals surface area (Å²) in [4.78, 5) is 10.0. The molecule has 0 aliphatic rings. The number of benzene rings is 1. The largest absolute Gasteiger partial charge is 0.361 e. The Balaban J connectivity index is 1.74. The van der Waals surface area contributed by atoms with E-state index in [4.69, 9.17) is 4.52 Å². The van der Waals surface area contributed by atoms with Gasteiger partial charge in [0.2, 0.25) is 0 Å². The first-order chi connectivity index (χ1) is 12.1. The SMILES string of the molecule is Cc1ccc(-c2csc3ncnc(SCc4c(C)noc4C)c23)cc1. The average molecular weight is 367 g/mol. The van der Waals surface area contributed by atoms with Crippen LogP contribution in [0, 0.1) is 20.8 Å². The van der Waals surface area contributed by atoms with E-state index in [1.165, 1.54) is 16.7 Å². The molecule has 0 atom stereocenters. The molecule has 0 aliphatic carbocycles. The summed E-state index contributed by atoms with van der Waals surface area (Å²) in [6.07, 6.45) is 1.65. The van der Waals surface area contributed by atoms with Crippen LogP contribution in [0.3, 0.4) is 0 Å². The van der Waals surface area contributed by atoms with Gasteiger partial charge in [0.1, 0.15) is 21.9 Å². The van der Waals surface area contributed by atoms with E-state index in [0.29, 0.717) is 0 Å². The Kier molecular flexibility index (Phi) is 4.31. The Morgan fingerprint density at radius 1 is 1.08 bits per heavy atom. The molecule has 25 heavy (non-hydrogen) atoms. The number of nitrogens with zero attached hydrogens (tertiary/aromatic N) is 3. The molecule has 0 N–H and O–H groups in total. The Hall–Kier alpha value is -2.18. The van der Waals surface area contributed by atoms with Gasteiger partial charge in [-0.1, -0.05) is 35.0 Å². The maximum absolute atomic E-state index is 5.27. The van der Waals surface area contributed by atoms with Gasteiger partial charge in [0.15, 0.2) is 0 Å². The second-order valence-corrected chi connectivity index (χ2v) is 7.79. The zero-order valence-electron chi connectivity index (χ0n) is 14.2. The van der Waals surface area contributed by atoms with Gasteiger partial charge in [-0.25, -0.2) is 9.97 Å². The molecule has 4 rings (SSSR count). The Morgan fingerprint density at radius 3 is 2.60 bits per heavy atom. The first kappa shape index (κ1) is 16.3. The number of hydrogen-bond acceptors (Lipinski definition) is 6. The van der Waals surface area contributed by atoms with E-state index in [0.717, 1.165) is 38.0 Å². The minimum Gasteiger partial charge on any atom is -0.361 e. The molecule has 1 aromatic carbocycles. The van der Waals surface area contributed by atoms with Gasteiger partial charge < -0.3 is 4.52 Å². The summed E-state index contributed by atoms with van der Waals surface area (Å²) in [6, 6.07) is 8.59. The summed E-state index contributed by atoms with van der Waals surface area (Å²) in [5.74, 6) is 1.66. The molecule has 3 aromatic heterocycles. The Labute approximate surface area is 154 Å². The molecule has 0 aliphatic heterocycles. The van der Waals surface area contributed by atoms with Crippen LogP contribution in [0.15, 0.2) is 45.5 Å². The summed E-state index contributed by atoms with van der Waals surface area (Å²) >= 11 is 3.37. The summed E-state index contributed by atoms with van der Waals surface area (Å²) in [5, 5.41) is 8.34. The quantitative estimate of drug-likeness (QED) is 0.349. The molecule has 0 saturated heterocycles. The van der Waals surface area contributed by atoms with Crippen molar-refractivity contribution in [2.45, 2.75) is 31.6 Å². The molecule has 0 bridgehead atoms. The third-order valence-corrected chi connectivity index (χ3v) is 6.13. The minimum atomic E-state index is 0.788. The molecule has 0 radical (unpaired) electrons. The Morgan fingerprint density at radius 2 is 1.88 bits per heavy atom. The highest BCUT2D eigenvalue weighted by Gasteiger charge is 2.15. The van der Waals surface area contributed by atoms with Crippen molar-refractivity contribution in [3.63, 3.8) is 0 Å². The van der Waals surface area contributed by atoms with Crippen molar-refractivity contribution in [2.75, 3.05) is 0 Å². The highest BCUT2D eigenvalue weighted by Crippen LogP contribution is 2.39. The molecule has 0 fully saturated rings. The number of aryl methyl sites for hydroxylation is 3. The third kappa shape index (κ3) is 3.07. The number of hydrogen-bond donors (Lipinski definition) is 0. The highest BCUT2D eigenvalue weighted by atomic mass is 32.2. The van der Waals surface area contributed by atoms with Crippen molar-refractivity contribution in [1.82, 2.24) is 15.1 Å². The lowest BCUT2D eigenvalue weighted by atomic mass is 10.1. The van der Waals surface area contributed by atoms with Gasteiger partial charge in [0.05, 0.1) is 11.1 Å². The maximum atomic E-state index is 5.27. The average Bonchev–Trinajstić information content (AvgIpc) is 3.18. The predicted octanol–water partition coefficient (Wildman–Crippen LogP) is 5.56. The first-order valence-electron chi connectivity index (χ1n) is 7.97. The molecular formula is C19H17N3OS2. The lowest BCUT2D eigenvalue weighted by Gasteiger charge is -2.06. The van der Waals surface area contributed by atoms with Crippen molar-refractivity contribution in [2.24, 2.45) is 0 Å². The van der Waals surface area contributed by atoms with Gasteiger partial charge in [-0.3, -0.25) is 0 Å². The van der Waals surface area contributed by atoms with Crippen LogP contribution < -0.4 is 0 Å². The van der Waals surface area contributed by atoms with Crippen LogP contribution >= 0.6 is 23.1 Å². The summed E-state index contributed by atoms with van der Waals surface area (Å²) < 4.78 is 5.27. The van der Waals surface area contributed by atoms with Crippen LogP contribution in [0.5, 0.6) is 0 Å². The zero-order chi connectivity index (χ0) is 17.4. The number of aromatic nitrogens is 3. The number of thiophene rings is 1. The van der Waals surface area contributed by atoms with Crippen molar-refractivity contribution >= 4 is 33.3 Å². The molecule has 0 unspecified atom stereocenters. The van der Waals surface area contributed by atoms with Crippen LogP contribution in [0.25, 0.3) is 21.3 Å². The van der Waals surface area contributed by atoms with Crippen LogP contribution in [0.4, 0.5) is 0 Å². The third-order valence-electron chi connectivity index (χ3n) is 4.23. The molecule has 3 heterocycles. The molecule has 6 heteroatoms. The van der Waals surface area contributed by atoms with E-state index < -0.39 is 0 Å². The van der Waals surface area contributed by atoms with E-state index in [1.807, 2.05) is 13.8 Å². The zero-order valence-corrected chi connectivity index (χ0v) is 15.9. The van der Waals surface area contributed by atoms with Crippen molar-refractivity contribution in [3.05, 3.63) is 58.6 Å². The molecule has 4 nitrogen and oxygen atoms in total. The van der Waals surface area contributed by atoms with E-state index >= 15 is 0 Å². The second-order valence-electron chi connectivity index (χ2n) is 5.97. The minimum absolute atomic E-state index is 0.788. The molecule has 126 valence electrons. The molecule has 4 aromatic rings.